The number of rotatable bonds is 86. The Morgan fingerprint density at radius 2 is 0.418 bits per heavy atom. The van der Waals surface area contributed by atoms with Crippen LogP contribution < -0.4 is 136 Å². The molecule has 0 fully saturated rings. The highest BCUT2D eigenvalue weighted by Crippen LogP contribution is 2.19. The zero-order valence-corrected chi connectivity index (χ0v) is 90.2. The Labute approximate surface area is 866 Å². The summed E-state index contributed by atoms with van der Waals surface area (Å²) in [4.78, 5) is 262. The molecule has 18 amide bonds. The molecule has 0 saturated heterocycles. The topological polar surface area (TPSA) is 757 Å². The van der Waals surface area contributed by atoms with Gasteiger partial charge in [0.25, 0.3) is 0 Å². The first-order valence-corrected chi connectivity index (χ1v) is 53.8. The normalized spacial score (nSPS) is 14.9. The molecule has 45 nitrogen and oxygen atoms in total. The molecule has 0 heterocycles. The molecule has 840 valence electrons. The molecule has 0 aromatic heterocycles. The molecule has 0 unspecified atom stereocenters. The Hall–Kier alpha value is -10.3. The van der Waals surface area contributed by atoms with Crippen molar-refractivity contribution in [3.05, 3.63) is 0 Å². The van der Waals surface area contributed by atoms with Crippen molar-refractivity contribution >= 4 is 112 Å². The summed E-state index contributed by atoms with van der Waals surface area (Å²) in [6.07, 6.45) is 21.3. The van der Waals surface area contributed by atoms with Gasteiger partial charge in [0.05, 0.1) is 12.5 Å². The molecule has 34 N–H and O–H groups in total. The van der Waals surface area contributed by atoms with Crippen LogP contribution >= 0.6 is 0 Å². The molecular formula is C101H191N25O20. The van der Waals surface area contributed by atoms with Crippen LogP contribution in [0.4, 0.5) is 0 Å². The maximum absolute atomic E-state index is 14.7. The first kappa shape index (κ1) is 136. The van der Waals surface area contributed by atoms with Crippen molar-refractivity contribution in [2.75, 3.05) is 45.8 Å². The number of hydrogen-bond acceptors (Lipinski definition) is 26. The number of nitrogens with one attached hydrogen (secondary N) is 17. The quantitative estimate of drug-likeness (QED) is 0.0375. The molecule has 0 rings (SSSR count). The summed E-state index contributed by atoms with van der Waals surface area (Å²) < 4.78 is 0. The highest BCUT2D eigenvalue weighted by molar-refractivity contribution is 6.01. The molecule has 0 aromatic carbocycles. The number of aliphatic carboxylic acids is 1. The number of unbranched alkanes of at least 4 members (excludes halogenated alkanes) is 19. The first-order valence-electron chi connectivity index (χ1n) is 53.8. The van der Waals surface area contributed by atoms with E-state index in [1.165, 1.54) is 98.8 Å². The van der Waals surface area contributed by atoms with Gasteiger partial charge in [-0.25, -0.2) is 0 Å². The Bertz CT molecular complexity index is 3900. The van der Waals surface area contributed by atoms with Crippen molar-refractivity contribution in [1.29, 1.82) is 0 Å². The highest BCUT2D eigenvalue weighted by Gasteiger charge is 2.39. The third-order valence-corrected chi connectivity index (χ3v) is 24.7. The Morgan fingerprint density at radius 1 is 0.226 bits per heavy atom. The summed E-state index contributed by atoms with van der Waals surface area (Å²) in [7, 11) is 0. The molecule has 0 saturated carbocycles. The summed E-state index contributed by atoms with van der Waals surface area (Å²) in [6.45, 7) is 25.1. The number of carboxylic acids is 1. The van der Waals surface area contributed by atoms with E-state index in [-0.39, 0.29) is 139 Å². The predicted molar refractivity (Wildman–Crippen MR) is 561 cm³/mol. The first-order chi connectivity index (χ1) is 69.1. The van der Waals surface area contributed by atoms with E-state index in [1.807, 2.05) is 0 Å². The van der Waals surface area contributed by atoms with Crippen LogP contribution in [-0.2, 0) is 91.1 Å². The fourth-order valence-electron chi connectivity index (χ4n) is 16.1. The maximum atomic E-state index is 14.7. The van der Waals surface area contributed by atoms with Crippen molar-refractivity contribution in [2.24, 2.45) is 69.5 Å². The van der Waals surface area contributed by atoms with E-state index in [4.69, 9.17) is 45.9 Å². The lowest BCUT2D eigenvalue weighted by atomic mass is 10.0. The molecule has 45 heteroatoms. The van der Waals surface area contributed by atoms with Crippen molar-refractivity contribution < 1.29 is 96.2 Å². The van der Waals surface area contributed by atoms with Crippen LogP contribution in [0, 0.1) is 23.7 Å². The van der Waals surface area contributed by atoms with E-state index >= 15 is 0 Å². The van der Waals surface area contributed by atoms with Gasteiger partial charge in [0, 0.05) is 13.0 Å². The minimum Gasteiger partial charge on any atom is -0.481 e. The van der Waals surface area contributed by atoms with Crippen LogP contribution in [0.15, 0.2) is 0 Å². The summed E-state index contributed by atoms with van der Waals surface area (Å²) >= 11 is 0. The second-order valence-electron chi connectivity index (χ2n) is 40.5. The van der Waals surface area contributed by atoms with Crippen LogP contribution in [0.1, 0.15) is 354 Å². The second-order valence-corrected chi connectivity index (χ2v) is 40.5. The summed E-state index contributed by atoms with van der Waals surface area (Å²) in [6, 6.07) is -22.2. The smallest absolute Gasteiger partial charge is 0.305 e. The lowest BCUT2D eigenvalue weighted by Crippen LogP contribution is -2.60. The van der Waals surface area contributed by atoms with Gasteiger partial charge in [-0.05, 0) is 265 Å². The highest BCUT2D eigenvalue weighted by atomic mass is 16.4. The van der Waals surface area contributed by atoms with Gasteiger partial charge in [0.15, 0.2) is 0 Å². The van der Waals surface area contributed by atoms with Gasteiger partial charge in [0.2, 0.25) is 106 Å². The van der Waals surface area contributed by atoms with Crippen LogP contribution in [0.25, 0.3) is 0 Å². The number of hydrogen-bond donors (Lipinski definition) is 26. The van der Waals surface area contributed by atoms with Gasteiger partial charge in [-0.1, -0.05) is 139 Å². The van der Waals surface area contributed by atoms with Crippen LogP contribution in [0.5, 0.6) is 0 Å². The van der Waals surface area contributed by atoms with E-state index < -0.39 is 216 Å². The third-order valence-electron chi connectivity index (χ3n) is 24.7. The number of carbonyl (C=O) groups is 19. The SMILES string of the molecule is CCCCCCCCCCCCCCCC(=O)NCCCC[C@H](NC(=O)[C@H](C)NC(=O)[C@H](CCCCN)NC(=O)[C@H](C)NC(=O)[C@H](CC(C)C)NC(=O)[C@H](CCCCN)NC(=O)[C@H](C)NC(=O)[C@H](CC(C)C)NC(=O)[C@H](CCCCN)NC(=O)[C@H](CCCCN)NC(=O)[C@H](C)NC(=O)[C@H](CC(C)C)NC(=O)[C@H](CCCCN)NC(=O)[C@H](C)NC(=O)[C@H](CC(C)C)NC(=O)[C@H](CCCCN)NC(=O)[C@@H](N)CC(=O)O)C(N)=O. The fourth-order valence-corrected chi connectivity index (χ4v) is 16.1. The van der Waals surface area contributed by atoms with Crippen molar-refractivity contribution in [3.8, 4) is 0 Å². The van der Waals surface area contributed by atoms with E-state index in [0.29, 0.717) is 103 Å². The van der Waals surface area contributed by atoms with Gasteiger partial charge < -0.3 is 141 Å². The van der Waals surface area contributed by atoms with Crippen LogP contribution in [0.2, 0.25) is 0 Å². The molecule has 0 aromatic rings. The average Bonchev–Trinajstić information content (AvgIpc) is 0.858. The largest absolute Gasteiger partial charge is 0.481 e. The molecule has 0 aliphatic heterocycles. The predicted octanol–water partition coefficient (Wildman–Crippen LogP) is 0.856. The fraction of sp³-hybridized carbons (Fsp3) is 0.812. The van der Waals surface area contributed by atoms with Gasteiger partial charge in [-0.3, -0.25) is 91.1 Å². The average molecular weight is 2080 g/mol. The molecular weight excluding hydrogens is 1880 g/mol. The van der Waals surface area contributed by atoms with Gasteiger partial charge in [-0.15, -0.1) is 0 Å². The van der Waals surface area contributed by atoms with Crippen molar-refractivity contribution in [3.63, 3.8) is 0 Å². The van der Waals surface area contributed by atoms with Crippen LogP contribution in [-0.4, -0.2) is 266 Å². The zero-order valence-electron chi connectivity index (χ0n) is 90.2. The van der Waals surface area contributed by atoms with E-state index in [9.17, 15) is 96.2 Å². The third kappa shape index (κ3) is 62.1. The molecule has 0 spiro atoms. The molecule has 0 aliphatic carbocycles. The number of carboxylic acid groups (broad SMARTS) is 1. The van der Waals surface area contributed by atoms with Crippen LogP contribution in [0.3, 0.4) is 0 Å². The molecule has 146 heavy (non-hydrogen) atoms. The lowest BCUT2D eigenvalue weighted by molar-refractivity contribution is -0.140. The summed E-state index contributed by atoms with van der Waals surface area (Å²) in [5.74, 6) is -16.1. The summed E-state index contributed by atoms with van der Waals surface area (Å²) in [5.41, 5.74) is 46.4. The summed E-state index contributed by atoms with van der Waals surface area (Å²) in [5, 5.41) is 54.6. The Morgan fingerprint density at radius 3 is 0.644 bits per heavy atom. The number of amides is 18. The zero-order chi connectivity index (χ0) is 110. The van der Waals surface area contributed by atoms with E-state index in [2.05, 4.69) is 97.3 Å². The standard InChI is InChI=1S/C101H191N25O20/c1-15-16-17-18-19-20-21-22-23-24-25-26-27-49-83(127)110-56-41-34-42-72(85(109)130)116-86(131)66(10)111-92(137)73(43-28-35-50-102)117-87(132)67(11)112-98(143)79(57-62(2)3)123-94(139)75(45-30-37-52-104)120-90(135)70(14)115-101(146)82(60-65(8)9)126-97(142)78(48-33-40-55-107)122-93(138)74(44-29-36-51-103)118-88(133)68(12)113-99(144)80(58-63(4)5)124-95(140)76(46-31-38-53-105)119-89(134)69(13)114-100(145)81(59-64(6)7)125-96(141)77(47-32-39-54-106)121-91(136)71(108)61-84(128)129/h62-82H,15-61,102-108H2,1-14H3,(H2,109,130)(H,110,127)(H,111,137)(H,112,143)(H,113,144)(H,114,145)(H,115,146)(H,116,131)(H,117,132)(H,118,133)(H,119,134)(H,120,135)(H,121,136)(H,122,138)(H,123,139)(H,124,140)(H,125,141)(H,126,142)(H,128,129)/t66-,67-,68-,69-,70-,71-,72-,73-,74-,75-,76-,77-,78-,79-,80-,81-,82-/m0/s1. The lowest BCUT2D eigenvalue weighted by Gasteiger charge is -2.28. The molecule has 0 radical (unpaired) electrons. The van der Waals surface area contributed by atoms with E-state index in [1.54, 1.807) is 55.4 Å². The Balaban J connectivity index is 6.59. The van der Waals surface area contributed by atoms with Gasteiger partial charge in [0.1, 0.15) is 96.7 Å². The molecule has 0 bridgehead atoms. The minimum absolute atomic E-state index is 0.00710. The Kier molecular flexibility index (Phi) is 74.1. The van der Waals surface area contributed by atoms with Gasteiger partial charge >= 0.3 is 5.97 Å². The van der Waals surface area contributed by atoms with Crippen molar-refractivity contribution in [1.82, 2.24) is 90.4 Å². The minimum atomic E-state index is -1.48. The number of nitrogens with two attached hydrogens (primary N) is 8. The van der Waals surface area contributed by atoms with Crippen molar-refractivity contribution in [2.45, 2.75) is 456 Å². The monoisotopic (exact) mass is 2070 g/mol. The second kappa shape index (κ2) is 79.8. The van der Waals surface area contributed by atoms with E-state index in [0.717, 1.165) is 19.3 Å². The maximum Gasteiger partial charge on any atom is 0.305 e. The number of primary amides is 1. The molecule has 0 aliphatic rings. The number of carbonyl (C=O) groups excluding carboxylic acids is 18. The van der Waals surface area contributed by atoms with Gasteiger partial charge in [-0.2, -0.15) is 0 Å². The molecule has 17 atom stereocenters.